The number of alkyl halides is 2. The van der Waals surface area contributed by atoms with Gasteiger partial charge in [0, 0.05) is 3.57 Å². The van der Waals surface area contributed by atoms with Crippen LogP contribution in [0, 0.1) is 3.57 Å². The summed E-state index contributed by atoms with van der Waals surface area (Å²) in [5.74, 6) is -3.27. The molecule has 3 N–H and O–H groups in total. The topological polar surface area (TPSA) is 46.2 Å². The lowest BCUT2D eigenvalue weighted by Crippen LogP contribution is -2.36. The van der Waals surface area contributed by atoms with Gasteiger partial charge in [-0.15, -0.1) is 12.4 Å². The van der Waals surface area contributed by atoms with Crippen molar-refractivity contribution < 1.29 is 13.9 Å². The summed E-state index contributed by atoms with van der Waals surface area (Å²) in [6.07, 6.45) is 0. The SMILES string of the molecule is Cl.N[C@H](c1cccc(I)c1)C(F)(F)CO. The summed E-state index contributed by atoms with van der Waals surface area (Å²) in [4.78, 5) is 0. The van der Waals surface area contributed by atoms with Crippen molar-refractivity contribution in [2.45, 2.75) is 12.0 Å². The molecular weight excluding hydrogens is 338 g/mol. The smallest absolute Gasteiger partial charge is 0.289 e. The molecule has 1 aromatic rings. The Balaban J connectivity index is 0.00000196. The highest BCUT2D eigenvalue weighted by Crippen LogP contribution is 2.29. The van der Waals surface area contributed by atoms with E-state index >= 15 is 0 Å². The molecule has 0 saturated carbocycles. The summed E-state index contributed by atoms with van der Waals surface area (Å²) in [7, 11) is 0. The molecule has 2 nitrogen and oxygen atoms in total. The van der Waals surface area contributed by atoms with Crippen LogP contribution in [0.25, 0.3) is 0 Å². The zero-order valence-corrected chi connectivity index (χ0v) is 10.6. The molecule has 0 bridgehead atoms. The summed E-state index contributed by atoms with van der Waals surface area (Å²) >= 11 is 2.02. The van der Waals surface area contributed by atoms with Crippen LogP contribution in [-0.2, 0) is 0 Å². The second-order valence-corrected chi connectivity index (χ2v) is 4.20. The second-order valence-electron chi connectivity index (χ2n) is 2.95. The average molecular weight is 350 g/mol. The Morgan fingerprint density at radius 1 is 1.47 bits per heavy atom. The van der Waals surface area contributed by atoms with Crippen LogP contribution in [0.1, 0.15) is 11.6 Å². The van der Waals surface area contributed by atoms with E-state index in [2.05, 4.69) is 0 Å². The van der Waals surface area contributed by atoms with Gasteiger partial charge in [-0.1, -0.05) is 12.1 Å². The predicted molar refractivity (Wildman–Crippen MR) is 65.4 cm³/mol. The van der Waals surface area contributed by atoms with Gasteiger partial charge in [0.25, 0.3) is 5.92 Å². The van der Waals surface area contributed by atoms with E-state index in [-0.39, 0.29) is 12.4 Å². The number of halogens is 4. The molecule has 0 spiro atoms. The number of rotatable bonds is 3. The lowest BCUT2D eigenvalue weighted by Gasteiger charge is -2.21. The van der Waals surface area contributed by atoms with Crippen molar-refractivity contribution >= 4 is 35.0 Å². The first kappa shape index (κ1) is 15.0. The summed E-state index contributed by atoms with van der Waals surface area (Å²) in [5.41, 5.74) is 5.67. The largest absolute Gasteiger partial charge is 0.390 e. The third-order valence-electron chi connectivity index (χ3n) is 1.87. The molecule has 0 aromatic heterocycles. The maximum absolute atomic E-state index is 13.0. The van der Waals surface area contributed by atoms with E-state index in [1.807, 2.05) is 22.6 Å². The fourth-order valence-corrected chi connectivity index (χ4v) is 1.61. The van der Waals surface area contributed by atoms with Crippen LogP contribution in [0.5, 0.6) is 0 Å². The molecule has 0 amide bonds. The van der Waals surface area contributed by atoms with Crippen molar-refractivity contribution in [2.24, 2.45) is 5.73 Å². The van der Waals surface area contributed by atoms with E-state index in [9.17, 15) is 8.78 Å². The van der Waals surface area contributed by atoms with Crippen molar-refractivity contribution in [3.8, 4) is 0 Å². The van der Waals surface area contributed by atoms with Crippen LogP contribution in [0.15, 0.2) is 24.3 Å². The number of hydrogen-bond donors (Lipinski definition) is 2. The minimum absolute atomic E-state index is 0. The van der Waals surface area contributed by atoms with E-state index in [0.717, 1.165) is 3.57 Å². The predicted octanol–water partition coefficient (Wildman–Crippen LogP) is 2.34. The maximum atomic E-state index is 13.0. The molecule has 0 saturated heterocycles. The van der Waals surface area contributed by atoms with Gasteiger partial charge in [-0.3, -0.25) is 0 Å². The summed E-state index contributed by atoms with van der Waals surface area (Å²) in [6, 6.07) is 5.09. The number of benzene rings is 1. The first-order chi connectivity index (χ1) is 6.47. The lowest BCUT2D eigenvalue weighted by atomic mass is 10.0. The molecule has 0 radical (unpaired) electrons. The van der Waals surface area contributed by atoms with Gasteiger partial charge in [-0.05, 0) is 40.3 Å². The van der Waals surface area contributed by atoms with Crippen LogP contribution in [-0.4, -0.2) is 17.6 Å². The van der Waals surface area contributed by atoms with Gasteiger partial charge in [-0.2, -0.15) is 0 Å². The third-order valence-corrected chi connectivity index (χ3v) is 2.54. The molecular formula is C9H11ClF2INO. The molecule has 0 aliphatic heterocycles. The van der Waals surface area contributed by atoms with E-state index in [1.165, 1.54) is 6.07 Å². The van der Waals surface area contributed by atoms with Gasteiger partial charge in [0.05, 0.1) is 6.04 Å². The fourth-order valence-electron chi connectivity index (χ4n) is 1.04. The molecule has 86 valence electrons. The number of nitrogens with two attached hydrogens (primary N) is 1. The molecule has 0 fully saturated rings. The zero-order valence-electron chi connectivity index (χ0n) is 7.66. The van der Waals surface area contributed by atoms with E-state index in [4.69, 9.17) is 10.8 Å². The third kappa shape index (κ3) is 3.82. The van der Waals surface area contributed by atoms with Crippen LogP contribution in [0.4, 0.5) is 8.78 Å². The fraction of sp³-hybridized carbons (Fsp3) is 0.333. The number of hydrogen-bond acceptors (Lipinski definition) is 2. The highest BCUT2D eigenvalue weighted by atomic mass is 127. The van der Waals surface area contributed by atoms with E-state index in [0.29, 0.717) is 5.56 Å². The number of aliphatic hydroxyl groups is 1. The van der Waals surface area contributed by atoms with Gasteiger partial charge >= 0.3 is 0 Å². The number of aliphatic hydroxyl groups excluding tert-OH is 1. The molecule has 0 aliphatic rings. The molecule has 1 atom stereocenters. The van der Waals surface area contributed by atoms with Crippen molar-refractivity contribution in [2.75, 3.05) is 6.61 Å². The molecule has 0 aliphatic carbocycles. The Bertz CT molecular complexity index is 325. The summed E-state index contributed by atoms with van der Waals surface area (Å²) in [6.45, 7) is -1.24. The Hall–Kier alpha value is 0.0200. The van der Waals surface area contributed by atoms with Crippen molar-refractivity contribution in [3.63, 3.8) is 0 Å². The van der Waals surface area contributed by atoms with Crippen LogP contribution in [0.2, 0.25) is 0 Å². The summed E-state index contributed by atoms with van der Waals surface area (Å²) in [5, 5.41) is 8.46. The normalized spacial score (nSPS) is 13.1. The Labute approximate surface area is 106 Å². The highest BCUT2D eigenvalue weighted by Gasteiger charge is 2.37. The highest BCUT2D eigenvalue weighted by molar-refractivity contribution is 14.1. The average Bonchev–Trinajstić information content (AvgIpc) is 2.16. The van der Waals surface area contributed by atoms with Crippen LogP contribution < -0.4 is 5.73 Å². The molecule has 15 heavy (non-hydrogen) atoms. The van der Waals surface area contributed by atoms with Gasteiger partial charge in [0.15, 0.2) is 0 Å². The van der Waals surface area contributed by atoms with Crippen molar-refractivity contribution in [1.29, 1.82) is 0 Å². The Morgan fingerprint density at radius 3 is 2.53 bits per heavy atom. The standard InChI is InChI=1S/C9H10F2INO.ClH/c10-9(11,5-14)8(13)6-2-1-3-7(12)4-6;/h1-4,8,14H,5,13H2;1H/t8-;/m1./s1. The van der Waals surface area contributed by atoms with E-state index in [1.54, 1.807) is 18.2 Å². The van der Waals surface area contributed by atoms with Crippen LogP contribution >= 0.6 is 35.0 Å². The minimum atomic E-state index is -3.27. The monoisotopic (exact) mass is 349 g/mol. The maximum Gasteiger partial charge on any atom is 0.289 e. The van der Waals surface area contributed by atoms with E-state index < -0.39 is 18.6 Å². The second kappa shape index (κ2) is 5.93. The van der Waals surface area contributed by atoms with Gasteiger partial charge in [-0.25, -0.2) is 8.78 Å². The molecule has 1 aromatic carbocycles. The first-order valence-corrected chi connectivity index (χ1v) is 5.05. The quantitative estimate of drug-likeness (QED) is 0.823. The summed E-state index contributed by atoms with van der Waals surface area (Å²) < 4.78 is 26.8. The van der Waals surface area contributed by atoms with Gasteiger partial charge in [0.2, 0.25) is 0 Å². The lowest BCUT2D eigenvalue weighted by molar-refractivity contribution is -0.0711. The Kier molecular flexibility index (Phi) is 5.94. The van der Waals surface area contributed by atoms with Gasteiger partial charge < -0.3 is 10.8 Å². The molecule has 6 heteroatoms. The van der Waals surface area contributed by atoms with Crippen LogP contribution in [0.3, 0.4) is 0 Å². The first-order valence-electron chi connectivity index (χ1n) is 3.97. The van der Waals surface area contributed by atoms with Crippen molar-refractivity contribution in [1.82, 2.24) is 0 Å². The molecule has 1 rings (SSSR count). The minimum Gasteiger partial charge on any atom is -0.390 e. The van der Waals surface area contributed by atoms with Gasteiger partial charge in [0.1, 0.15) is 6.61 Å². The van der Waals surface area contributed by atoms with Crippen molar-refractivity contribution in [3.05, 3.63) is 33.4 Å². The zero-order chi connectivity index (χ0) is 10.8. The Morgan fingerprint density at radius 2 is 2.07 bits per heavy atom. The molecule has 0 unspecified atom stereocenters. The molecule has 0 heterocycles.